The van der Waals surface area contributed by atoms with Gasteiger partial charge in [0.2, 0.25) is 0 Å². The second kappa shape index (κ2) is 3.46. The van der Waals surface area contributed by atoms with E-state index in [-0.39, 0.29) is 13.2 Å². The number of nitrogens with zero attached hydrogens (tertiary/aromatic N) is 1. The number of rotatable bonds is 1. The van der Waals surface area contributed by atoms with E-state index in [0.717, 1.165) is 0 Å². The quantitative estimate of drug-likeness (QED) is 0.503. The third-order valence-corrected chi connectivity index (χ3v) is 2.10. The predicted octanol–water partition coefficient (Wildman–Crippen LogP) is 1.82. The van der Waals surface area contributed by atoms with Crippen molar-refractivity contribution in [3.63, 3.8) is 0 Å². The second-order valence-electron chi connectivity index (χ2n) is 1.99. The molecule has 1 aliphatic heterocycles. The van der Waals surface area contributed by atoms with Gasteiger partial charge < -0.3 is 0 Å². The van der Waals surface area contributed by atoms with E-state index in [0.29, 0.717) is 0 Å². The molecule has 0 unspecified atom stereocenters. The Balaban J connectivity index is 2.75. The minimum Gasteiger partial charge on any atom is -0.282 e. The lowest BCUT2D eigenvalue weighted by Crippen LogP contribution is -2.34. The van der Waals surface area contributed by atoms with Crippen molar-refractivity contribution in [3.05, 3.63) is 0 Å². The maximum absolute atomic E-state index is 12.1. The van der Waals surface area contributed by atoms with Crippen molar-refractivity contribution in [3.8, 4) is 0 Å². The fourth-order valence-corrected chi connectivity index (χ4v) is 1.33. The number of alkyl halides is 5. The van der Waals surface area contributed by atoms with Crippen molar-refractivity contribution < 1.29 is 30.3 Å². The summed E-state index contributed by atoms with van der Waals surface area (Å²) in [7, 11) is 0. The lowest BCUT2D eigenvalue weighted by atomic mass is 10.6. The first-order chi connectivity index (χ1) is 5.83. The standard InChI is InChI=1S/C4H4F5NO2S/c5-3(6,7)4(8,9)10-13-11-1-2-12-13/h1-2H2. The molecule has 1 fully saturated rings. The van der Waals surface area contributed by atoms with E-state index in [9.17, 15) is 22.0 Å². The molecule has 1 aliphatic rings. The first-order valence-electron chi connectivity index (χ1n) is 3.01. The molecule has 0 aromatic heterocycles. The summed E-state index contributed by atoms with van der Waals surface area (Å²) in [5.74, 6) is 0. The van der Waals surface area contributed by atoms with Crippen LogP contribution in [0.1, 0.15) is 0 Å². The van der Waals surface area contributed by atoms with Gasteiger partial charge in [0, 0.05) is 0 Å². The van der Waals surface area contributed by atoms with Crippen LogP contribution in [0.4, 0.5) is 22.0 Å². The van der Waals surface area contributed by atoms with Crippen molar-refractivity contribution in [2.75, 3.05) is 13.2 Å². The van der Waals surface area contributed by atoms with Gasteiger partial charge in [-0.05, 0) is 0 Å². The molecule has 0 N–H and O–H groups in total. The zero-order valence-electron chi connectivity index (χ0n) is 5.98. The molecule has 1 rings (SSSR count). The second-order valence-corrected chi connectivity index (χ2v) is 3.08. The summed E-state index contributed by atoms with van der Waals surface area (Å²) in [6, 6.07) is -5.11. The molecule has 1 saturated heterocycles. The monoisotopic (exact) mass is 225 g/mol. The molecule has 0 aromatic carbocycles. The highest BCUT2D eigenvalue weighted by Gasteiger charge is 2.59. The molecule has 78 valence electrons. The molecule has 0 amide bonds. The van der Waals surface area contributed by atoms with Crippen LogP contribution in [0.5, 0.6) is 0 Å². The average Bonchev–Trinajstić information content (AvgIpc) is 2.35. The van der Waals surface area contributed by atoms with Crippen molar-refractivity contribution in [1.82, 2.24) is 0 Å². The van der Waals surface area contributed by atoms with Crippen LogP contribution < -0.4 is 0 Å². The molecule has 3 nitrogen and oxygen atoms in total. The van der Waals surface area contributed by atoms with Crippen molar-refractivity contribution >= 4 is 11.3 Å². The average molecular weight is 225 g/mol. The molecule has 9 heteroatoms. The van der Waals surface area contributed by atoms with Gasteiger partial charge >= 0.3 is 12.2 Å². The van der Waals surface area contributed by atoms with Gasteiger partial charge in [0.05, 0.1) is 13.2 Å². The number of hydrogen-bond donors (Lipinski definition) is 0. The lowest BCUT2D eigenvalue weighted by Gasteiger charge is -2.14. The Kier molecular flexibility index (Phi) is 2.88. The molecule has 0 radical (unpaired) electrons. The van der Waals surface area contributed by atoms with E-state index in [1.54, 1.807) is 0 Å². The highest BCUT2D eigenvalue weighted by atomic mass is 32.2. The van der Waals surface area contributed by atoms with Crippen LogP contribution in [-0.2, 0) is 19.6 Å². The Morgan fingerprint density at radius 3 is 1.85 bits per heavy atom. The summed E-state index contributed by atoms with van der Waals surface area (Å²) in [6.07, 6.45) is -5.70. The fraction of sp³-hybridized carbons (Fsp3) is 1.00. The molecule has 1 heterocycles. The van der Waals surface area contributed by atoms with E-state index in [1.807, 2.05) is 0 Å². The Morgan fingerprint density at radius 1 is 1.00 bits per heavy atom. The number of halogens is 5. The van der Waals surface area contributed by atoms with Gasteiger partial charge in [-0.15, -0.1) is 4.36 Å². The largest absolute Gasteiger partial charge is 0.478 e. The van der Waals surface area contributed by atoms with Crippen molar-refractivity contribution in [2.45, 2.75) is 12.2 Å². The SMILES string of the molecule is FC(F)(F)C(F)(F)N=S1OCCO1. The fourth-order valence-electron chi connectivity index (χ4n) is 0.443. The van der Waals surface area contributed by atoms with Crippen LogP contribution in [0.2, 0.25) is 0 Å². The Bertz CT molecular complexity index is 219. The zero-order chi connectivity index (χ0) is 10.1. The van der Waals surface area contributed by atoms with E-state index in [4.69, 9.17) is 0 Å². The molecular formula is C4H4F5NO2S. The maximum Gasteiger partial charge on any atom is 0.478 e. The molecular weight excluding hydrogens is 221 g/mol. The smallest absolute Gasteiger partial charge is 0.282 e. The maximum atomic E-state index is 12.1. The summed E-state index contributed by atoms with van der Waals surface area (Å²) in [4.78, 5) is 0. The Hall–Kier alpha value is -0.280. The first kappa shape index (κ1) is 10.8. The topological polar surface area (TPSA) is 30.8 Å². The molecule has 0 saturated carbocycles. The van der Waals surface area contributed by atoms with E-state index >= 15 is 0 Å². The normalized spacial score (nSPS) is 20.7. The summed E-state index contributed by atoms with van der Waals surface area (Å²) < 4.78 is 69.7. The Morgan fingerprint density at radius 2 is 1.46 bits per heavy atom. The van der Waals surface area contributed by atoms with Gasteiger partial charge in [-0.3, -0.25) is 8.37 Å². The number of hydrogen-bond acceptors (Lipinski definition) is 3. The third-order valence-electron chi connectivity index (χ3n) is 0.982. The van der Waals surface area contributed by atoms with Gasteiger partial charge in [-0.2, -0.15) is 22.0 Å². The summed E-state index contributed by atoms with van der Waals surface area (Å²) in [5, 5.41) is 0. The molecule has 0 spiro atoms. The van der Waals surface area contributed by atoms with Gasteiger partial charge in [0.15, 0.2) is 11.3 Å². The van der Waals surface area contributed by atoms with Gasteiger partial charge in [-0.25, -0.2) is 0 Å². The van der Waals surface area contributed by atoms with E-state index in [2.05, 4.69) is 12.7 Å². The molecule has 0 aromatic rings. The summed E-state index contributed by atoms with van der Waals surface area (Å²) in [6.45, 7) is -0.0545. The van der Waals surface area contributed by atoms with Gasteiger partial charge in [0.1, 0.15) is 0 Å². The summed E-state index contributed by atoms with van der Waals surface area (Å²) in [5.41, 5.74) is 0. The Labute approximate surface area is 72.3 Å². The summed E-state index contributed by atoms with van der Waals surface area (Å²) >= 11 is -2.09. The van der Waals surface area contributed by atoms with Crippen LogP contribution in [0.15, 0.2) is 4.36 Å². The molecule has 0 atom stereocenters. The van der Waals surface area contributed by atoms with Gasteiger partial charge in [-0.1, -0.05) is 0 Å². The molecule has 13 heavy (non-hydrogen) atoms. The van der Waals surface area contributed by atoms with Crippen LogP contribution in [0.3, 0.4) is 0 Å². The predicted molar refractivity (Wildman–Crippen MR) is 32.7 cm³/mol. The van der Waals surface area contributed by atoms with E-state index < -0.39 is 23.5 Å². The first-order valence-corrected chi connectivity index (χ1v) is 4.04. The minimum absolute atomic E-state index is 0.0272. The van der Waals surface area contributed by atoms with Crippen LogP contribution in [0, 0.1) is 0 Å². The van der Waals surface area contributed by atoms with E-state index in [1.165, 1.54) is 0 Å². The van der Waals surface area contributed by atoms with Crippen LogP contribution in [-0.4, -0.2) is 25.4 Å². The lowest BCUT2D eigenvalue weighted by molar-refractivity contribution is -0.277. The molecule has 0 aliphatic carbocycles. The van der Waals surface area contributed by atoms with Gasteiger partial charge in [0.25, 0.3) is 0 Å². The third kappa shape index (κ3) is 2.58. The zero-order valence-corrected chi connectivity index (χ0v) is 6.79. The van der Waals surface area contributed by atoms with Crippen LogP contribution in [0.25, 0.3) is 0 Å². The minimum atomic E-state index is -5.70. The van der Waals surface area contributed by atoms with Crippen LogP contribution >= 0.6 is 0 Å². The highest BCUT2D eigenvalue weighted by molar-refractivity contribution is 7.77. The highest BCUT2D eigenvalue weighted by Crippen LogP contribution is 2.37. The van der Waals surface area contributed by atoms with Crippen molar-refractivity contribution in [2.24, 2.45) is 4.36 Å². The van der Waals surface area contributed by atoms with Crippen molar-refractivity contribution in [1.29, 1.82) is 0 Å². The molecule has 0 bridgehead atoms.